The van der Waals surface area contributed by atoms with Crippen LogP contribution in [-0.4, -0.2) is 51.3 Å². The number of carbonyl (C=O) groups excluding carboxylic acids is 1. The van der Waals surface area contributed by atoms with Crippen molar-refractivity contribution in [2.45, 2.75) is 6.54 Å². The number of amides is 2. The molecule has 1 aliphatic rings. The third-order valence-corrected chi connectivity index (χ3v) is 4.71. The molecule has 0 spiro atoms. The Balaban J connectivity index is 1.53. The van der Waals surface area contributed by atoms with Crippen LogP contribution in [0.25, 0.3) is 0 Å². The number of ether oxygens (including phenoxy) is 2. The van der Waals surface area contributed by atoms with Crippen molar-refractivity contribution in [3.8, 4) is 11.5 Å². The van der Waals surface area contributed by atoms with Crippen LogP contribution in [0.2, 0.25) is 0 Å². The summed E-state index contributed by atoms with van der Waals surface area (Å²) in [6.07, 6.45) is 0. The number of nitrogens with zero attached hydrogens (tertiary/aromatic N) is 2. The zero-order valence-corrected chi connectivity index (χ0v) is 15.9. The molecular weight excluding hydrogens is 368 g/mol. The monoisotopic (exact) mass is 391 g/mol. The van der Waals surface area contributed by atoms with Crippen LogP contribution in [0.3, 0.4) is 0 Å². The maximum atomic E-state index is 13.9. The summed E-state index contributed by atoms with van der Waals surface area (Å²) < 4.78 is 37.4. The summed E-state index contributed by atoms with van der Waals surface area (Å²) in [5.41, 5.74) is 1.24. The van der Waals surface area contributed by atoms with Crippen molar-refractivity contribution in [3.63, 3.8) is 0 Å². The SMILES string of the molecule is COc1ccc(CNC(=O)N2CCN(c3ccc(F)cc3F)CC2)cc1OC. The fourth-order valence-corrected chi connectivity index (χ4v) is 3.17. The largest absolute Gasteiger partial charge is 0.493 e. The summed E-state index contributed by atoms with van der Waals surface area (Å²) in [4.78, 5) is 15.9. The second-order valence-corrected chi connectivity index (χ2v) is 6.42. The first-order chi connectivity index (χ1) is 13.5. The molecule has 150 valence electrons. The second-order valence-electron chi connectivity index (χ2n) is 6.42. The van der Waals surface area contributed by atoms with E-state index in [9.17, 15) is 13.6 Å². The Morgan fingerprint density at radius 1 is 1.00 bits per heavy atom. The maximum Gasteiger partial charge on any atom is 0.317 e. The van der Waals surface area contributed by atoms with Crippen LogP contribution in [0.15, 0.2) is 36.4 Å². The Bertz CT molecular complexity index is 839. The van der Waals surface area contributed by atoms with Crippen molar-refractivity contribution >= 4 is 11.7 Å². The molecule has 6 nitrogen and oxygen atoms in total. The highest BCUT2D eigenvalue weighted by molar-refractivity contribution is 5.74. The van der Waals surface area contributed by atoms with Gasteiger partial charge in [-0.15, -0.1) is 0 Å². The average Bonchev–Trinajstić information content (AvgIpc) is 2.72. The molecule has 1 saturated heterocycles. The van der Waals surface area contributed by atoms with Gasteiger partial charge < -0.3 is 24.6 Å². The standard InChI is InChI=1S/C20H23F2N3O3/c1-27-18-6-3-14(11-19(18)28-2)13-23-20(26)25-9-7-24(8-10-25)17-5-4-15(21)12-16(17)22/h3-6,11-12H,7-10,13H2,1-2H3,(H,23,26). The number of hydrogen-bond donors (Lipinski definition) is 1. The molecule has 2 aromatic rings. The summed E-state index contributed by atoms with van der Waals surface area (Å²) >= 11 is 0. The van der Waals surface area contributed by atoms with Gasteiger partial charge in [0, 0.05) is 38.8 Å². The van der Waals surface area contributed by atoms with Crippen molar-refractivity contribution in [2.75, 3.05) is 45.3 Å². The molecule has 2 aromatic carbocycles. The minimum absolute atomic E-state index is 0.186. The number of piperazine rings is 1. The van der Waals surface area contributed by atoms with Gasteiger partial charge in [0.1, 0.15) is 11.6 Å². The smallest absolute Gasteiger partial charge is 0.317 e. The summed E-state index contributed by atoms with van der Waals surface area (Å²) in [7, 11) is 3.13. The number of rotatable bonds is 5. The van der Waals surface area contributed by atoms with Crippen LogP contribution in [0.5, 0.6) is 11.5 Å². The lowest BCUT2D eigenvalue weighted by Crippen LogP contribution is -2.51. The zero-order valence-electron chi connectivity index (χ0n) is 15.9. The van der Waals surface area contributed by atoms with E-state index in [0.29, 0.717) is 49.9 Å². The highest BCUT2D eigenvalue weighted by atomic mass is 19.1. The Kier molecular flexibility index (Phi) is 6.18. The summed E-state index contributed by atoms with van der Waals surface area (Å²) in [5, 5.41) is 2.88. The summed E-state index contributed by atoms with van der Waals surface area (Å²) in [5.74, 6) is 0.0340. The third-order valence-electron chi connectivity index (χ3n) is 4.71. The fraction of sp³-hybridized carbons (Fsp3) is 0.350. The van der Waals surface area contributed by atoms with Gasteiger partial charge in [-0.25, -0.2) is 13.6 Å². The summed E-state index contributed by atoms with van der Waals surface area (Å²) in [6.45, 7) is 2.22. The number of halogens is 2. The predicted molar refractivity (Wildman–Crippen MR) is 102 cm³/mol. The van der Waals surface area contributed by atoms with E-state index in [1.54, 1.807) is 25.2 Å². The molecule has 1 aliphatic heterocycles. The molecule has 0 bridgehead atoms. The van der Waals surface area contributed by atoms with E-state index in [-0.39, 0.29) is 6.03 Å². The van der Waals surface area contributed by atoms with Crippen molar-refractivity contribution in [2.24, 2.45) is 0 Å². The first kappa shape index (κ1) is 19.7. The molecule has 1 heterocycles. The van der Waals surface area contributed by atoms with Gasteiger partial charge in [0.25, 0.3) is 0 Å². The first-order valence-electron chi connectivity index (χ1n) is 8.95. The molecule has 1 fully saturated rings. The molecule has 2 amide bonds. The van der Waals surface area contributed by atoms with Gasteiger partial charge in [-0.3, -0.25) is 0 Å². The minimum atomic E-state index is -0.602. The Morgan fingerprint density at radius 3 is 2.36 bits per heavy atom. The van der Waals surface area contributed by atoms with Gasteiger partial charge in [0.2, 0.25) is 0 Å². The van der Waals surface area contributed by atoms with Crippen LogP contribution >= 0.6 is 0 Å². The second kappa shape index (κ2) is 8.77. The molecule has 3 rings (SSSR count). The predicted octanol–water partition coefficient (Wildman–Crippen LogP) is 3.01. The highest BCUT2D eigenvalue weighted by Crippen LogP contribution is 2.27. The Labute approximate surface area is 162 Å². The number of carbonyl (C=O) groups is 1. The zero-order chi connectivity index (χ0) is 20.1. The van der Waals surface area contributed by atoms with Gasteiger partial charge in [-0.1, -0.05) is 6.07 Å². The van der Waals surface area contributed by atoms with Gasteiger partial charge in [0.15, 0.2) is 11.5 Å². The van der Waals surface area contributed by atoms with Crippen molar-refractivity contribution < 1.29 is 23.0 Å². The quantitative estimate of drug-likeness (QED) is 0.851. The third kappa shape index (κ3) is 4.44. The normalized spacial score (nSPS) is 14.0. The molecule has 8 heteroatoms. The number of anilines is 1. The molecule has 0 unspecified atom stereocenters. The van der Waals surface area contributed by atoms with E-state index in [1.807, 2.05) is 17.0 Å². The number of urea groups is 1. The molecule has 0 atom stereocenters. The van der Waals surface area contributed by atoms with Gasteiger partial charge >= 0.3 is 6.03 Å². The van der Waals surface area contributed by atoms with Crippen LogP contribution in [-0.2, 0) is 6.54 Å². The van der Waals surface area contributed by atoms with Crippen LogP contribution in [0.4, 0.5) is 19.3 Å². The Morgan fingerprint density at radius 2 is 1.71 bits per heavy atom. The molecule has 0 aliphatic carbocycles. The van der Waals surface area contributed by atoms with E-state index in [1.165, 1.54) is 12.1 Å². The lowest BCUT2D eigenvalue weighted by atomic mass is 10.2. The topological polar surface area (TPSA) is 54.0 Å². The van der Waals surface area contributed by atoms with Gasteiger partial charge in [-0.2, -0.15) is 0 Å². The van der Waals surface area contributed by atoms with Crippen LogP contribution in [0, 0.1) is 11.6 Å². The molecule has 1 N–H and O–H groups in total. The summed E-state index contributed by atoms with van der Waals surface area (Å²) in [6, 6.07) is 8.81. The van der Waals surface area contributed by atoms with Crippen molar-refractivity contribution in [3.05, 3.63) is 53.6 Å². The Hall–Kier alpha value is -3.03. The first-order valence-corrected chi connectivity index (χ1v) is 8.95. The maximum absolute atomic E-state index is 13.9. The average molecular weight is 391 g/mol. The van der Waals surface area contributed by atoms with Crippen molar-refractivity contribution in [1.82, 2.24) is 10.2 Å². The highest BCUT2D eigenvalue weighted by Gasteiger charge is 2.23. The minimum Gasteiger partial charge on any atom is -0.493 e. The van der Waals surface area contributed by atoms with E-state index in [4.69, 9.17) is 9.47 Å². The molecule has 0 aromatic heterocycles. The van der Waals surface area contributed by atoms with E-state index in [2.05, 4.69) is 5.32 Å². The van der Waals surface area contributed by atoms with E-state index in [0.717, 1.165) is 11.6 Å². The molecule has 0 saturated carbocycles. The van der Waals surface area contributed by atoms with Crippen LogP contribution in [0.1, 0.15) is 5.56 Å². The number of nitrogens with one attached hydrogen (secondary N) is 1. The molecular formula is C20H23F2N3O3. The van der Waals surface area contributed by atoms with E-state index >= 15 is 0 Å². The number of methoxy groups -OCH3 is 2. The van der Waals surface area contributed by atoms with Gasteiger partial charge in [0.05, 0.1) is 19.9 Å². The van der Waals surface area contributed by atoms with Gasteiger partial charge in [-0.05, 0) is 29.8 Å². The molecule has 28 heavy (non-hydrogen) atoms. The molecule has 0 radical (unpaired) electrons. The lowest BCUT2D eigenvalue weighted by molar-refractivity contribution is 0.194. The van der Waals surface area contributed by atoms with E-state index < -0.39 is 11.6 Å². The van der Waals surface area contributed by atoms with Crippen LogP contribution < -0.4 is 19.7 Å². The lowest BCUT2D eigenvalue weighted by Gasteiger charge is -2.36. The van der Waals surface area contributed by atoms with Crippen molar-refractivity contribution in [1.29, 1.82) is 0 Å². The fourth-order valence-electron chi connectivity index (χ4n) is 3.17. The number of benzene rings is 2. The number of hydrogen-bond acceptors (Lipinski definition) is 4.